The van der Waals surface area contributed by atoms with Crippen molar-refractivity contribution in [3.05, 3.63) is 0 Å². The number of rotatable bonds is 1. The summed E-state index contributed by atoms with van der Waals surface area (Å²) in [5.41, 5.74) is 11.0. The van der Waals surface area contributed by atoms with Gasteiger partial charge in [-0.2, -0.15) is 15.1 Å². The highest BCUT2D eigenvalue weighted by molar-refractivity contribution is 5.46. The SMILES string of the molecule is CCC.CN=Nc1nnc2nc(N)nc(N)n12. The molecule has 2 rings (SSSR count). The standard InChI is InChI=1S/C5H7N9.C3H8/c1-8-11-5-13-12-4-10-2(6)9-3(7)14(4)5;1-3-2/h1H3,(H4,6,7,9,10,12);3H2,1-2H3. The molecular weight excluding hydrogens is 222 g/mol. The van der Waals surface area contributed by atoms with Crippen LogP contribution in [0.1, 0.15) is 20.3 Å². The van der Waals surface area contributed by atoms with Gasteiger partial charge in [-0.05, 0) is 0 Å². The third-order valence-corrected chi connectivity index (χ3v) is 1.49. The van der Waals surface area contributed by atoms with Crippen LogP contribution in [0.25, 0.3) is 5.78 Å². The maximum absolute atomic E-state index is 5.58. The first kappa shape index (κ1) is 12.7. The van der Waals surface area contributed by atoms with Crippen molar-refractivity contribution < 1.29 is 0 Å². The van der Waals surface area contributed by atoms with E-state index in [1.165, 1.54) is 17.9 Å². The first-order chi connectivity index (χ1) is 8.13. The number of fused-ring (bicyclic) bond motifs is 1. The summed E-state index contributed by atoms with van der Waals surface area (Å²) in [7, 11) is 1.51. The van der Waals surface area contributed by atoms with E-state index in [0.717, 1.165) is 0 Å². The number of aromatic nitrogens is 5. The molecule has 0 amide bonds. The van der Waals surface area contributed by atoms with Gasteiger partial charge >= 0.3 is 0 Å². The highest BCUT2D eigenvalue weighted by atomic mass is 15.4. The monoisotopic (exact) mass is 237 g/mol. The minimum absolute atomic E-state index is 0.0439. The fourth-order valence-electron chi connectivity index (χ4n) is 0.995. The fraction of sp³-hybridized carbons (Fsp3) is 0.500. The highest BCUT2D eigenvalue weighted by Crippen LogP contribution is 2.14. The summed E-state index contributed by atoms with van der Waals surface area (Å²) in [5, 5.41) is 14.7. The maximum Gasteiger partial charge on any atom is 0.278 e. The number of nitrogens with zero attached hydrogens (tertiary/aromatic N) is 7. The zero-order valence-electron chi connectivity index (χ0n) is 9.99. The van der Waals surface area contributed by atoms with Gasteiger partial charge in [0.05, 0.1) is 0 Å². The number of azo groups is 1. The van der Waals surface area contributed by atoms with E-state index in [-0.39, 0.29) is 23.6 Å². The van der Waals surface area contributed by atoms with Crippen molar-refractivity contribution in [2.45, 2.75) is 20.3 Å². The Morgan fingerprint density at radius 3 is 2.41 bits per heavy atom. The maximum atomic E-state index is 5.58. The molecule has 0 bridgehead atoms. The quantitative estimate of drug-likeness (QED) is 0.705. The van der Waals surface area contributed by atoms with Crippen molar-refractivity contribution in [2.75, 3.05) is 18.5 Å². The minimum Gasteiger partial charge on any atom is -0.369 e. The Labute approximate surface area is 98.0 Å². The molecule has 0 radical (unpaired) electrons. The molecule has 0 atom stereocenters. The van der Waals surface area contributed by atoms with Gasteiger partial charge in [0.1, 0.15) is 0 Å². The Morgan fingerprint density at radius 2 is 1.82 bits per heavy atom. The molecule has 0 aliphatic rings. The van der Waals surface area contributed by atoms with Crippen molar-refractivity contribution in [3.8, 4) is 0 Å². The predicted octanol–water partition coefficient (Wildman–Crippen LogP) is 0.813. The van der Waals surface area contributed by atoms with E-state index in [1.54, 1.807) is 0 Å². The fourth-order valence-corrected chi connectivity index (χ4v) is 0.995. The molecule has 92 valence electrons. The Morgan fingerprint density at radius 1 is 1.18 bits per heavy atom. The third-order valence-electron chi connectivity index (χ3n) is 1.49. The van der Waals surface area contributed by atoms with Crippen molar-refractivity contribution >= 4 is 23.6 Å². The van der Waals surface area contributed by atoms with E-state index >= 15 is 0 Å². The second-order valence-electron chi connectivity index (χ2n) is 3.08. The molecule has 0 saturated carbocycles. The molecule has 4 N–H and O–H groups in total. The van der Waals surface area contributed by atoms with Crippen LogP contribution in [0.5, 0.6) is 0 Å². The Balaban J connectivity index is 0.000000437. The summed E-state index contributed by atoms with van der Waals surface area (Å²) in [5.74, 6) is 0.639. The van der Waals surface area contributed by atoms with Gasteiger partial charge in [-0.15, -0.1) is 15.3 Å². The number of hydrogen-bond donors (Lipinski definition) is 2. The van der Waals surface area contributed by atoms with E-state index in [0.29, 0.717) is 0 Å². The number of anilines is 2. The first-order valence-corrected chi connectivity index (χ1v) is 5.07. The molecule has 9 heteroatoms. The van der Waals surface area contributed by atoms with Gasteiger partial charge in [-0.1, -0.05) is 20.3 Å². The lowest BCUT2D eigenvalue weighted by atomic mass is 10.6. The highest BCUT2D eigenvalue weighted by Gasteiger charge is 2.10. The summed E-state index contributed by atoms with van der Waals surface area (Å²) in [4.78, 5) is 7.56. The second kappa shape index (κ2) is 5.68. The van der Waals surface area contributed by atoms with Gasteiger partial charge in [0, 0.05) is 7.05 Å². The van der Waals surface area contributed by atoms with Crippen LogP contribution in [0.15, 0.2) is 10.2 Å². The summed E-state index contributed by atoms with van der Waals surface area (Å²) >= 11 is 0. The minimum atomic E-state index is 0.0439. The molecule has 2 heterocycles. The van der Waals surface area contributed by atoms with Crippen LogP contribution < -0.4 is 11.5 Å². The van der Waals surface area contributed by atoms with Crippen LogP contribution in [0.3, 0.4) is 0 Å². The van der Waals surface area contributed by atoms with Gasteiger partial charge < -0.3 is 11.5 Å². The lowest BCUT2D eigenvalue weighted by molar-refractivity contribution is 0.995. The van der Waals surface area contributed by atoms with Crippen LogP contribution >= 0.6 is 0 Å². The lowest BCUT2D eigenvalue weighted by Gasteiger charge is -1.98. The molecular formula is C8H15N9. The zero-order chi connectivity index (χ0) is 12.8. The van der Waals surface area contributed by atoms with E-state index in [9.17, 15) is 0 Å². The van der Waals surface area contributed by atoms with Crippen molar-refractivity contribution in [2.24, 2.45) is 10.2 Å². The second-order valence-corrected chi connectivity index (χ2v) is 3.08. The summed E-state index contributed by atoms with van der Waals surface area (Å²) < 4.78 is 1.35. The molecule has 0 aliphatic heterocycles. The Hall–Kier alpha value is -2.32. The molecule has 9 nitrogen and oxygen atoms in total. The average Bonchev–Trinajstić information content (AvgIpc) is 2.63. The molecule has 0 saturated heterocycles. The number of nitrogen functional groups attached to an aromatic ring is 2. The molecule has 0 unspecified atom stereocenters. The molecule has 0 spiro atoms. The summed E-state index contributed by atoms with van der Waals surface area (Å²) in [6.07, 6.45) is 1.25. The average molecular weight is 237 g/mol. The summed E-state index contributed by atoms with van der Waals surface area (Å²) in [6, 6.07) is 0. The molecule has 2 aromatic heterocycles. The van der Waals surface area contributed by atoms with Gasteiger partial charge in [0.25, 0.3) is 11.7 Å². The summed E-state index contributed by atoms with van der Waals surface area (Å²) in [6.45, 7) is 4.25. The van der Waals surface area contributed by atoms with Crippen LogP contribution in [-0.4, -0.2) is 31.6 Å². The van der Waals surface area contributed by atoms with Gasteiger partial charge in [-0.3, -0.25) is 0 Å². The van der Waals surface area contributed by atoms with E-state index in [2.05, 4.69) is 44.2 Å². The molecule has 0 fully saturated rings. The molecule has 0 aliphatic carbocycles. The van der Waals surface area contributed by atoms with Gasteiger partial charge in [0.15, 0.2) is 0 Å². The number of hydrogen-bond acceptors (Lipinski definition) is 8. The Bertz CT molecular complexity index is 515. The first-order valence-electron chi connectivity index (χ1n) is 5.07. The predicted molar refractivity (Wildman–Crippen MR) is 63.8 cm³/mol. The largest absolute Gasteiger partial charge is 0.369 e. The normalized spacial score (nSPS) is 10.5. The van der Waals surface area contributed by atoms with Crippen LogP contribution in [0, 0.1) is 0 Å². The number of nitrogens with two attached hydrogens (primary N) is 2. The van der Waals surface area contributed by atoms with E-state index < -0.39 is 0 Å². The Kier molecular flexibility index (Phi) is 4.26. The van der Waals surface area contributed by atoms with Gasteiger partial charge in [0.2, 0.25) is 11.9 Å². The molecule has 0 aromatic carbocycles. The zero-order valence-corrected chi connectivity index (χ0v) is 9.99. The van der Waals surface area contributed by atoms with Crippen molar-refractivity contribution in [1.29, 1.82) is 0 Å². The van der Waals surface area contributed by atoms with Crippen molar-refractivity contribution in [3.63, 3.8) is 0 Å². The van der Waals surface area contributed by atoms with Crippen LogP contribution in [-0.2, 0) is 0 Å². The third kappa shape index (κ3) is 2.83. The lowest BCUT2D eigenvalue weighted by Crippen LogP contribution is -2.05. The van der Waals surface area contributed by atoms with Crippen LogP contribution in [0.2, 0.25) is 0 Å². The van der Waals surface area contributed by atoms with Crippen LogP contribution in [0.4, 0.5) is 17.8 Å². The topological polar surface area (TPSA) is 133 Å². The van der Waals surface area contributed by atoms with Crippen molar-refractivity contribution in [1.82, 2.24) is 24.6 Å². The van der Waals surface area contributed by atoms with Gasteiger partial charge in [-0.25, -0.2) is 4.40 Å². The molecule has 2 aromatic rings. The van der Waals surface area contributed by atoms with E-state index in [1.807, 2.05) is 0 Å². The smallest absolute Gasteiger partial charge is 0.278 e. The molecule has 17 heavy (non-hydrogen) atoms. The van der Waals surface area contributed by atoms with E-state index in [4.69, 9.17) is 11.5 Å².